The lowest BCUT2D eigenvalue weighted by Gasteiger charge is -2.16. The molecule has 4 nitrogen and oxygen atoms in total. The summed E-state index contributed by atoms with van der Waals surface area (Å²) in [6.45, 7) is 3.43. The van der Waals surface area contributed by atoms with Crippen molar-refractivity contribution in [1.29, 1.82) is 0 Å². The Morgan fingerprint density at radius 3 is 2.25 bits per heavy atom. The number of amides is 1. The number of carboxylic acid groups (broad SMARTS) is 1. The molecule has 0 aliphatic heterocycles. The third kappa shape index (κ3) is 3.57. The number of hydrogen-bond acceptors (Lipinski definition) is 2. The molecule has 0 aliphatic carbocycles. The quantitative estimate of drug-likeness (QED) is 0.638. The summed E-state index contributed by atoms with van der Waals surface area (Å²) in [4.78, 5) is 21.3. The van der Waals surface area contributed by atoms with Gasteiger partial charge in [0.05, 0.1) is 0 Å². The van der Waals surface area contributed by atoms with Crippen LogP contribution in [0.4, 0.5) is 0 Å². The van der Waals surface area contributed by atoms with E-state index in [9.17, 15) is 9.59 Å². The van der Waals surface area contributed by atoms with Crippen LogP contribution in [0.25, 0.3) is 0 Å². The van der Waals surface area contributed by atoms with Crippen LogP contribution in [0.1, 0.15) is 13.8 Å². The Hall–Kier alpha value is -0.770. The highest BCUT2D eigenvalue weighted by atomic mass is 35.5. The molecule has 0 fully saturated rings. The molecule has 2 N–H and O–H groups in total. The predicted molar refractivity (Wildman–Crippen MR) is 45.1 cm³/mol. The minimum atomic E-state index is -1.04. The molecule has 70 valence electrons. The van der Waals surface area contributed by atoms with Gasteiger partial charge in [-0.05, 0) is 5.92 Å². The molecule has 0 aromatic carbocycles. The van der Waals surface area contributed by atoms with E-state index in [0.29, 0.717) is 0 Å². The molecule has 0 bridgehead atoms. The predicted octanol–water partition coefficient (Wildman–Crippen LogP) is 0.451. The van der Waals surface area contributed by atoms with Crippen molar-refractivity contribution in [2.75, 3.05) is 5.88 Å². The van der Waals surface area contributed by atoms with Crippen molar-refractivity contribution >= 4 is 23.5 Å². The van der Waals surface area contributed by atoms with Crippen molar-refractivity contribution in [2.45, 2.75) is 19.9 Å². The molecule has 0 aromatic heterocycles. The number of halogens is 1. The third-order valence-corrected chi connectivity index (χ3v) is 1.61. The van der Waals surface area contributed by atoms with Gasteiger partial charge in [-0.3, -0.25) is 4.79 Å². The Kier molecular flexibility index (Phi) is 4.66. The molecular formula is C7H12ClNO3. The number of carbonyl (C=O) groups is 2. The Bertz CT molecular complexity index is 181. The summed E-state index contributed by atoms with van der Waals surface area (Å²) in [5.41, 5.74) is 0. The molecular weight excluding hydrogens is 182 g/mol. The lowest BCUT2D eigenvalue weighted by atomic mass is 10.1. The zero-order valence-corrected chi connectivity index (χ0v) is 7.76. The van der Waals surface area contributed by atoms with Gasteiger partial charge in [-0.2, -0.15) is 0 Å². The SMILES string of the molecule is CC(C)[C@H](NC(=O)CCl)C(=O)O. The number of aliphatic carboxylic acids is 1. The Balaban J connectivity index is 4.14. The van der Waals surface area contributed by atoms with Gasteiger partial charge in [0.1, 0.15) is 11.9 Å². The van der Waals surface area contributed by atoms with Crippen molar-refractivity contribution in [3.8, 4) is 0 Å². The Morgan fingerprint density at radius 1 is 1.50 bits per heavy atom. The molecule has 0 aliphatic rings. The summed E-state index contributed by atoms with van der Waals surface area (Å²) in [5.74, 6) is -1.85. The lowest BCUT2D eigenvalue weighted by Crippen LogP contribution is -2.44. The molecule has 0 saturated heterocycles. The highest BCUT2D eigenvalue weighted by Crippen LogP contribution is 2.01. The summed E-state index contributed by atoms with van der Waals surface area (Å²) in [7, 11) is 0. The standard InChI is InChI=1S/C7H12ClNO3/c1-4(2)6(7(11)12)9-5(10)3-8/h4,6H,3H2,1-2H3,(H,9,10)(H,11,12)/t6-/m0/s1. The van der Waals surface area contributed by atoms with Crippen LogP contribution in [0.5, 0.6) is 0 Å². The highest BCUT2D eigenvalue weighted by Gasteiger charge is 2.22. The fourth-order valence-corrected chi connectivity index (χ4v) is 0.803. The Morgan fingerprint density at radius 2 is 2.00 bits per heavy atom. The van der Waals surface area contributed by atoms with Gasteiger partial charge in [-0.25, -0.2) is 4.79 Å². The van der Waals surface area contributed by atoms with Crippen LogP contribution in [0, 0.1) is 5.92 Å². The minimum Gasteiger partial charge on any atom is -0.480 e. The molecule has 5 heteroatoms. The molecule has 0 spiro atoms. The maximum absolute atomic E-state index is 10.7. The summed E-state index contributed by atoms with van der Waals surface area (Å²) >= 11 is 5.20. The average molecular weight is 194 g/mol. The smallest absolute Gasteiger partial charge is 0.326 e. The van der Waals surface area contributed by atoms with Crippen LogP contribution in [-0.2, 0) is 9.59 Å². The molecule has 12 heavy (non-hydrogen) atoms. The lowest BCUT2D eigenvalue weighted by molar-refractivity contribution is -0.142. The summed E-state index contributed by atoms with van der Waals surface area (Å²) in [6, 6.07) is -0.851. The molecule has 0 unspecified atom stereocenters. The first kappa shape index (κ1) is 11.2. The first-order chi connectivity index (χ1) is 5.49. The topological polar surface area (TPSA) is 66.4 Å². The van der Waals surface area contributed by atoms with Crippen molar-refractivity contribution in [3.05, 3.63) is 0 Å². The van der Waals surface area contributed by atoms with Crippen LogP contribution in [0.15, 0.2) is 0 Å². The molecule has 0 radical (unpaired) electrons. The first-order valence-corrected chi connectivity index (χ1v) is 4.10. The van der Waals surface area contributed by atoms with E-state index in [1.807, 2.05) is 0 Å². The van der Waals surface area contributed by atoms with Crippen LogP contribution in [0.3, 0.4) is 0 Å². The molecule has 0 aromatic rings. The Labute approximate surface area is 75.9 Å². The van der Waals surface area contributed by atoms with Gasteiger partial charge in [0.25, 0.3) is 0 Å². The van der Waals surface area contributed by atoms with Crippen LogP contribution in [-0.4, -0.2) is 28.9 Å². The van der Waals surface area contributed by atoms with Gasteiger partial charge in [0, 0.05) is 0 Å². The third-order valence-electron chi connectivity index (χ3n) is 1.37. The number of carboxylic acids is 1. The zero-order valence-electron chi connectivity index (χ0n) is 7.00. The number of alkyl halides is 1. The molecule has 0 heterocycles. The number of nitrogens with one attached hydrogen (secondary N) is 1. The van der Waals surface area contributed by atoms with Gasteiger partial charge in [-0.15, -0.1) is 11.6 Å². The van der Waals surface area contributed by atoms with Gasteiger partial charge in [0.2, 0.25) is 5.91 Å². The van der Waals surface area contributed by atoms with E-state index in [4.69, 9.17) is 16.7 Å². The largest absolute Gasteiger partial charge is 0.480 e. The number of rotatable bonds is 4. The summed E-state index contributed by atoms with van der Waals surface area (Å²) in [5, 5.41) is 10.9. The van der Waals surface area contributed by atoms with Gasteiger partial charge in [-0.1, -0.05) is 13.8 Å². The second kappa shape index (κ2) is 4.98. The first-order valence-electron chi connectivity index (χ1n) is 3.57. The van der Waals surface area contributed by atoms with Gasteiger partial charge >= 0.3 is 5.97 Å². The second-order valence-corrected chi connectivity index (χ2v) is 3.03. The molecule has 0 rings (SSSR count). The maximum atomic E-state index is 10.7. The van der Waals surface area contributed by atoms with E-state index in [-0.39, 0.29) is 11.8 Å². The zero-order chi connectivity index (χ0) is 9.72. The normalized spacial score (nSPS) is 12.7. The van der Waals surface area contributed by atoms with E-state index < -0.39 is 17.9 Å². The summed E-state index contributed by atoms with van der Waals surface area (Å²) < 4.78 is 0. The molecule has 1 atom stereocenters. The van der Waals surface area contributed by atoms with Crippen molar-refractivity contribution in [1.82, 2.24) is 5.32 Å². The van der Waals surface area contributed by atoms with E-state index in [1.54, 1.807) is 13.8 Å². The highest BCUT2D eigenvalue weighted by molar-refractivity contribution is 6.27. The summed E-state index contributed by atoms with van der Waals surface area (Å²) in [6.07, 6.45) is 0. The number of carbonyl (C=O) groups excluding carboxylic acids is 1. The minimum absolute atomic E-state index is 0.144. The second-order valence-electron chi connectivity index (χ2n) is 2.76. The van der Waals surface area contributed by atoms with Crippen molar-refractivity contribution in [3.63, 3.8) is 0 Å². The number of hydrogen-bond donors (Lipinski definition) is 2. The van der Waals surface area contributed by atoms with E-state index in [0.717, 1.165) is 0 Å². The fourth-order valence-electron chi connectivity index (χ4n) is 0.726. The monoisotopic (exact) mass is 193 g/mol. The molecule has 1 amide bonds. The van der Waals surface area contributed by atoms with E-state index in [1.165, 1.54) is 0 Å². The van der Waals surface area contributed by atoms with Crippen molar-refractivity contribution < 1.29 is 14.7 Å². The van der Waals surface area contributed by atoms with Crippen LogP contribution < -0.4 is 5.32 Å². The maximum Gasteiger partial charge on any atom is 0.326 e. The van der Waals surface area contributed by atoms with E-state index >= 15 is 0 Å². The van der Waals surface area contributed by atoms with E-state index in [2.05, 4.69) is 5.32 Å². The average Bonchev–Trinajstić information content (AvgIpc) is 1.98. The van der Waals surface area contributed by atoms with Crippen molar-refractivity contribution in [2.24, 2.45) is 5.92 Å². The van der Waals surface area contributed by atoms with Crippen LogP contribution >= 0.6 is 11.6 Å². The van der Waals surface area contributed by atoms with Crippen LogP contribution in [0.2, 0.25) is 0 Å². The molecule has 0 saturated carbocycles. The fraction of sp³-hybridized carbons (Fsp3) is 0.714. The van der Waals surface area contributed by atoms with Gasteiger partial charge < -0.3 is 10.4 Å². The van der Waals surface area contributed by atoms with Gasteiger partial charge in [0.15, 0.2) is 0 Å².